The van der Waals surface area contributed by atoms with Gasteiger partial charge in [-0.15, -0.1) is 0 Å². The SMILES string of the molecule is CC.CCOCCOCCOCCNC(C)=O. The van der Waals surface area contributed by atoms with Gasteiger partial charge in [-0.1, -0.05) is 13.8 Å². The van der Waals surface area contributed by atoms with Gasteiger partial charge in [-0.2, -0.15) is 0 Å². The number of hydrogen-bond acceptors (Lipinski definition) is 4. The van der Waals surface area contributed by atoms with E-state index in [-0.39, 0.29) is 5.91 Å². The minimum atomic E-state index is -0.0356. The molecule has 1 N–H and O–H groups in total. The van der Waals surface area contributed by atoms with Gasteiger partial charge in [0, 0.05) is 20.1 Å². The van der Waals surface area contributed by atoms with Gasteiger partial charge >= 0.3 is 0 Å². The predicted octanol–water partition coefficient (Wildman–Crippen LogP) is 1.22. The first-order valence-electron chi connectivity index (χ1n) is 6.25. The molecule has 0 atom stereocenters. The Labute approximate surface area is 105 Å². The Bertz CT molecular complexity index is 153. The molecule has 0 spiro atoms. The lowest BCUT2D eigenvalue weighted by Crippen LogP contribution is -2.25. The third-order valence-electron chi connectivity index (χ3n) is 1.57. The van der Waals surface area contributed by atoms with E-state index in [1.165, 1.54) is 6.92 Å². The Morgan fingerprint density at radius 1 is 0.941 bits per heavy atom. The Morgan fingerprint density at radius 2 is 1.41 bits per heavy atom. The molecule has 17 heavy (non-hydrogen) atoms. The Hall–Kier alpha value is -0.650. The van der Waals surface area contributed by atoms with Crippen LogP contribution in [0.4, 0.5) is 0 Å². The van der Waals surface area contributed by atoms with Gasteiger partial charge in [-0.3, -0.25) is 4.79 Å². The van der Waals surface area contributed by atoms with E-state index in [1.54, 1.807) is 0 Å². The topological polar surface area (TPSA) is 56.8 Å². The number of carbonyl (C=O) groups is 1. The maximum absolute atomic E-state index is 10.5. The highest BCUT2D eigenvalue weighted by molar-refractivity contribution is 5.72. The Kier molecular flexibility index (Phi) is 19.5. The van der Waals surface area contributed by atoms with E-state index in [0.717, 1.165) is 6.61 Å². The molecule has 0 unspecified atom stereocenters. The van der Waals surface area contributed by atoms with E-state index < -0.39 is 0 Å². The molecule has 0 aliphatic heterocycles. The van der Waals surface area contributed by atoms with Crippen LogP contribution in [0.25, 0.3) is 0 Å². The summed E-state index contributed by atoms with van der Waals surface area (Å²) in [4.78, 5) is 10.5. The molecule has 0 aromatic rings. The first kappa shape index (κ1) is 18.7. The van der Waals surface area contributed by atoms with Gasteiger partial charge < -0.3 is 19.5 Å². The molecule has 0 aliphatic carbocycles. The molecule has 1 amide bonds. The van der Waals surface area contributed by atoms with Crippen molar-refractivity contribution in [2.45, 2.75) is 27.7 Å². The molecule has 0 bridgehead atoms. The van der Waals surface area contributed by atoms with Crippen molar-refractivity contribution in [1.82, 2.24) is 5.32 Å². The second kappa shape index (κ2) is 17.7. The zero-order chi connectivity index (χ0) is 13.4. The third-order valence-corrected chi connectivity index (χ3v) is 1.57. The fourth-order valence-electron chi connectivity index (χ4n) is 0.883. The molecule has 0 fully saturated rings. The van der Waals surface area contributed by atoms with E-state index in [9.17, 15) is 4.79 Å². The lowest BCUT2D eigenvalue weighted by molar-refractivity contribution is -0.119. The summed E-state index contributed by atoms with van der Waals surface area (Å²) in [5.41, 5.74) is 0. The molecule has 0 heterocycles. The van der Waals surface area contributed by atoms with Crippen molar-refractivity contribution in [2.75, 3.05) is 46.2 Å². The molecule has 5 nitrogen and oxygen atoms in total. The average Bonchev–Trinajstić information content (AvgIpc) is 2.34. The number of carbonyl (C=O) groups excluding carboxylic acids is 1. The summed E-state index contributed by atoms with van der Waals surface area (Å²) in [6, 6.07) is 0. The number of rotatable bonds is 10. The number of hydrogen-bond donors (Lipinski definition) is 1. The summed E-state index contributed by atoms with van der Waals surface area (Å²) < 4.78 is 15.5. The monoisotopic (exact) mass is 249 g/mol. The van der Waals surface area contributed by atoms with Gasteiger partial charge in [-0.05, 0) is 6.92 Å². The molecule has 0 aromatic carbocycles. The molecule has 5 heteroatoms. The van der Waals surface area contributed by atoms with Gasteiger partial charge in [0.2, 0.25) is 5.91 Å². The molecule has 0 saturated carbocycles. The third kappa shape index (κ3) is 21.2. The van der Waals surface area contributed by atoms with E-state index in [0.29, 0.717) is 39.6 Å². The summed E-state index contributed by atoms with van der Waals surface area (Å²) in [6.45, 7) is 11.6. The molecule has 0 radical (unpaired) electrons. The predicted molar refractivity (Wildman–Crippen MR) is 68.2 cm³/mol. The average molecular weight is 249 g/mol. The van der Waals surface area contributed by atoms with Gasteiger partial charge in [0.1, 0.15) is 0 Å². The smallest absolute Gasteiger partial charge is 0.216 e. The second-order valence-corrected chi connectivity index (χ2v) is 2.90. The van der Waals surface area contributed by atoms with Crippen molar-refractivity contribution in [3.8, 4) is 0 Å². The molecule has 0 saturated heterocycles. The lowest BCUT2D eigenvalue weighted by Gasteiger charge is -2.06. The van der Waals surface area contributed by atoms with Crippen LogP contribution in [0.15, 0.2) is 0 Å². The van der Waals surface area contributed by atoms with E-state index in [4.69, 9.17) is 14.2 Å². The lowest BCUT2D eigenvalue weighted by atomic mass is 10.6. The van der Waals surface area contributed by atoms with Crippen LogP contribution in [-0.2, 0) is 19.0 Å². The number of nitrogens with one attached hydrogen (secondary N) is 1. The van der Waals surface area contributed by atoms with Gasteiger partial charge in [0.25, 0.3) is 0 Å². The summed E-state index contributed by atoms with van der Waals surface area (Å²) in [5.74, 6) is -0.0356. The van der Waals surface area contributed by atoms with Crippen molar-refractivity contribution < 1.29 is 19.0 Å². The zero-order valence-corrected chi connectivity index (χ0v) is 11.6. The van der Waals surface area contributed by atoms with Crippen LogP contribution in [0.2, 0.25) is 0 Å². The normalized spacial score (nSPS) is 9.41. The van der Waals surface area contributed by atoms with Crippen molar-refractivity contribution in [1.29, 1.82) is 0 Å². The summed E-state index contributed by atoms with van der Waals surface area (Å²) in [7, 11) is 0. The van der Waals surface area contributed by atoms with Crippen LogP contribution in [0, 0.1) is 0 Å². The number of amides is 1. The molecule has 0 rings (SSSR count). The summed E-state index contributed by atoms with van der Waals surface area (Å²) >= 11 is 0. The minimum absolute atomic E-state index is 0.0356. The maximum atomic E-state index is 10.5. The van der Waals surface area contributed by atoms with Crippen molar-refractivity contribution in [2.24, 2.45) is 0 Å². The number of ether oxygens (including phenoxy) is 3. The first-order chi connectivity index (χ1) is 8.27. The standard InChI is InChI=1S/C10H21NO4.C2H6/c1-3-13-6-7-15-9-8-14-5-4-11-10(2)12;1-2/h3-9H2,1-2H3,(H,11,12);1-2H3. The van der Waals surface area contributed by atoms with Gasteiger partial charge in [0.05, 0.1) is 33.0 Å². The summed E-state index contributed by atoms with van der Waals surface area (Å²) in [5, 5.41) is 2.64. The fraction of sp³-hybridized carbons (Fsp3) is 0.917. The summed E-state index contributed by atoms with van der Waals surface area (Å²) in [6.07, 6.45) is 0. The highest BCUT2D eigenvalue weighted by Crippen LogP contribution is 1.80. The Balaban J connectivity index is 0. The molecule has 0 aliphatic rings. The van der Waals surface area contributed by atoms with Crippen LogP contribution < -0.4 is 5.32 Å². The van der Waals surface area contributed by atoms with Crippen LogP contribution in [0.5, 0.6) is 0 Å². The quantitative estimate of drug-likeness (QED) is 0.591. The molecular weight excluding hydrogens is 222 g/mol. The second-order valence-electron chi connectivity index (χ2n) is 2.90. The van der Waals surface area contributed by atoms with Crippen LogP contribution in [-0.4, -0.2) is 52.1 Å². The minimum Gasteiger partial charge on any atom is -0.379 e. The highest BCUT2D eigenvalue weighted by Gasteiger charge is 1.92. The zero-order valence-electron chi connectivity index (χ0n) is 11.6. The van der Waals surface area contributed by atoms with E-state index in [1.807, 2.05) is 20.8 Å². The Morgan fingerprint density at radius 3 is 1.88 bits per heavy atom. The molecule has 0 aromatic heterocycles. The highest BCUT2D eigenvalue weighted by atomic mass is 16.5. The maximum Gasteiger partial charge on any atom is 0.216 e. The van der Waals surface area contributed by atoms with Gasteiger partial charge in [0.15, 0.2) is 0 Å². The largest absolute Gasteiger partial charge is 0.379 e. The van der Waals surface area contributed by atoms with Crippen LogP contribution >= 0.6 is 0 Å². The first-order valence-corrected chi connectivity index (χ1v) is 6.25. The van der Waals surface area contributed by atoms with E-state index >= 15 is 0 Å². The van der Waals surface area contributed by atoms with Gasteiger partial charge in [-0.25, -0.2) is 0 Å². The van der Waals surface area contributed by atoms with Crippen LogP contribution in [0.1, 0.15) is 27.7 Å². The van der Waals surface area contributed by atoms with Crippen molar-refractivity contribution in [3.63, 3.8) is 0 Å². The molecule has 104 valence electrons. The van der Waals surface area contributed by atoms with E-state index in [2.05, 4.69) is 5.32 Å². The van der Waals surface area contributed by atoms with Crippen molar-refractivity contribution >= 4 is 5.91 Å². The fourth-order valence-corrected chi connectivity index (χ4v) is 0.883. The van der Waals surface area contributed by atoms with Crippen LogP contribution in [0.3, 0.4) is 0 Å². The van der Waals surface area contributed by atoms with Crippen molar-refractivity contribution in [3.05, 3.63) is 0 Å². The molecular formula is C12H27NO4.